The van der Waals surface area contributed by atoms with Crippen LogP contribution < -0.4 is 5.32 Å². The molecule has 0 aliphatic rings. The third-order valence-corrected chi connectivity index (χ3v) is 3.83. The molecule has 134 valence electrons. The van der Waals surface area contributed by atoms with Crippen molar-refractivity contribution in [2.75, 3.05) is 5.32 Å². The number of rotatable bonds is 3. The van der Waals surface area contributed by atoms with E-state index < -0.39 is 23.2 Å². The van der Waals surface area contributed by atoms with E-state index >= 15 is 0 Å². The number of anilines is 1. The fourth-order valence-electron chi connectivity index (χ4n) is 2.58. The van der Waals surface area contributed by atoms with Gasteiger partial charge in [0.2, 0.25) is 0 Å². The summed E-state index contributed by atoms with van der Waals surface area (Å²) in [7, 11) is 0. The second kappa shape index (κ2) is 6.67. The number of amides is 1. The van der Waals surface area contributed by atoms with Gasteiger partial charge >= 0.3 is 6.18 Å². The highest BCUT2D eigenvalue weighted by Gasteiger charge is 2.35. The lowest BCUT2D eigenvalue weighted by atomic mass is 10.1. The normalized spacial score (nSPS) is 11.4. The van der Waals surface area contributed by atoms with Gasteiger partial charge in [0.1, 0.15) is 5.82 Å². The van der Waals surface area contributed by atoms with Crippen LogP contribution in [0.1, 0.15) is 27.2 Å². The number of benzene rings is 2. The van der Waals surface area contributed by atoms with E-state index in [4.69, 9.17) is 0 Å². The van der Waals surface area contributed by atoms with Gasteiger partial charge in [-0.1, -0.05) is 29.8 Å². The van der Waals surface area contributed by atoms with E-state index in [9.17, 15) is 18.0 Å². The molecule has 0 bridgehead atoms. The predicted octanol–water partition coefficient (Wildman–Crippen LogP) is 4.76. The van der Waals surface area contributed by atoms with Crippen LogP contribution in [0.4, 0.5) is 19.0 Å². The Kier molecular flexibility index (Phi) is 4.54. The summed E-state index contributed by atoms with van der Waals surface area (Å²) >= 11 is 0. The van der Waals surface area contributed by atoms with Gasteiger partial charge in [-0.2, -0.15) is 18.3 Å². The van der Waals surface area contributed by atoms with Gasteiger partial charge in [0, 0.05) is 6.07 Å². The van der Waals surface area contributed by atoms with Crippen LogP contribution in [0.5, 0.6) is 0 Å². The van der Waals surface area contributed by atoms with Crippen LogP contribution in [0.15, 0.2) is 54.6 Å². The molecule has 0 spiro atoms. The molecule has 0 radical (unpaired) electrons. The highest BCUT2D eigenvalue weighted by molar-refractivity contribution is 6.05. The summed E-state index contributed by atoms with van der Waals surface area (Å²) in [4.78, 5) is 12.5. The van der Waals surface area contributed by atoms with Crippen LogP contribution in [-0.2, 0) is 6.18 Å². The van der Waals surface area contributed by atoms with Gasteiger partial charge in [-0.05, 0) is 38.1 Å². The minimum Gasteiger partial charge on any atom is -0.306 e. The molecule has 0 unspecified atom stereocenters. The van der Waals surface area contributed by atoms with Crippen molar-refractivity contribution in [2.45, 2.75) is 20.0 Å². The molecule has 1 heterocycles. The standard InChI is InChI=1S/C19H16F3N3O/c1-12-7-9-14(10-8-12)25-17(11-13(2)24-25)23-18(26)15-5-3-4-6-16(15)19(20,21)22/h3-11H,1-2H3,(H,23,26). The second-order valence-corrected chi connectivity index (χ2v) is 5.92. The highest BCUT2D eigenvalue weighted by atomic mass is 19.4. The van der Waals surface area contributed by atoms with Crippen molar-refractivity contribution in [3.63, 3.8) is 0 Å². The van der Waals surface area contributed by atoms with Crippen LogP contribution in [0.3, 0.4) is 0 Å². The molecule has 0 aliphatic carbocycles. The van der Waals surface area contributed by atoms with Crippen molar-refractivity contribution >= 4 is 11.7 Å². The Morgan fingerprint density at radius 2 is 1.69 bits per heavy atom. The van der Waals surface area contributed by atoms with E-state index in [2.05, 4.69) is 10.4 Å². The van der Waals surface area contributed by atoms with Crippen LogP contribution in [-0.4, -0.2) is 15.7 Å². The quantitative estimate of drug-likeness (QED) is 0.733. The summed E-state index contributed by atoms with van der Waals surface area (Å²) < 4.78 is 40.9. The zero-order valence-corrected chi connectivity index (χ0v) is 14.1. The molecule has 2 aromatic carbocycles. The Bertz CT molecular complexity index is 943. The SMILES string of the molecule is Cc1ccc(-n2nc(C)cc2NC(=O)c2ccccc2C(F)(F)F)cc1. The van der Waals surface area contributed by atoms with Gasteiger partial charge in [0.05, 0.1) is 22.5 Å². The van der Waals surface area contributed by atoms with Gasteiger partial charge in [-0.3, -0.25) is 4.79 Å². The average molecular weight is 359 g/mol. The van der Waals surface area contributed by atoms with E-state index in [-0.39, 0.29) is 0 Å². The lowest BCUT2D eigenvalue weighted by Gasteiger charge is -2.13. The van der Waals surface area contributed by atoms with Crippen molar-refractivity contribution in [1.82, 2.24) is 9.78 Å². The first-order valence-corrected chi connectivity index (χ1v) is 7.87. The smallest absolute Gasteiger partial charge is 0.306 e. The monoisotopic (exact) mass is 359 g/mol. The Labute approximate surface area is 148 Å². The molecule has 1 N–H and O–H groups in total. The highest BCUT2D eigenvalue weighted by Crippen LogP contribution is 2.32. The van der Waals surface area contributed by atoms with Gasteiger partial charge in [0.25, 0.3) is 5.91 Å². The molecule has 7 heteroatoms. The number of alkyl halides is 3. The van der Waals surface area contributed by atoms with Crippen molar-refractivity contribution in [3.05, 3.63) is 77.0 Å². The molecule has 4 nitrogen and oxygen atoms in total. The summed E-state index contributed by atoms with van der Waals surface area (Å²) in [5.41, 5.74) is 0.973. The van der Waals surface area contributed by atoms with E-state index in [1.165, 1.54) is 16.8 Å². The molecule has 3 aromatic rings. The van der Waals surface area contributed by atoms with Crippen molar-refractivity contribution in [1.29, 1.82) is 0 Å². The number of nitrogens with zero attached hydrogens (tertiary/aromatic N) is 2. The van der Waals surface area contributed by atoms with Crippen molar-refractivity contribution in [3.8, 4) is 5.69 Å². The van der Waals surface area contributed by atoms with Gasteiger partial charge in [-0.15, -0.1) is 0 Å². The predicted molar refractivity (Wildman–Crippen MR) is 92.4 cm³/mol. The van der Waals surface area contributed by atoms with Crippen LogP contribution >= 0.6 is 0 Å². The Balaban J connectivity index is 1.96. The van der Waals surface area contributed by atoms with E-state index in [0.717, 1.165) is 17.7 Å². The van der Waals surface area contributed by atoms with E-state index in [1.807, 2.05) is 31.2 Å². The summed E-state index contributed by atoms with van der Waals surface area (Å²) in [5.74, 6) is -0.542. The molecule has 1 aromatic heterocycles. The summed E-state index contributed by atoms with van der Waals surface area (Å²) in [5, 5.41) is 6.84. The molecule has 0 saturated heterocycles. The zero-order valence-electron chi connectivity index (χ0n) is 14.1. The fraction of sp³-hybridized carbons (Fsp3) is 0.158. The number of hydrogen-bond donors (Lipinski definition) is 1. The van der Waals surface area contributed by atoms with Crippen molar-refractivity contribution in [2.24, 2.45) is 0 Å². The maximum absolute atomic E-state index is 13.1. The maximum atomic E-state index is 13.1. The van der Waals surface area contributed by atoms with Crippen LogP contribution in [0.25, 0.3) is 5.69 Å². The minimum atomic E-state index is -4.61. The largest absolute Gasteiger partial charge is 0.417 e. The lowest BCUT2D eigenvalue weighted by Crippen LogP contribution is -2.20. The van der Waals surface area contributed by atoms with Crippen molar-refractivity contribution < 1.29 is 18.0 Å². The third-order valence-electron chi connectivity index (χ3n) is 3.83. The summed E-state index contributed by atoms with van der Waals surface area (Å²) in [6, 6.07) is 13.7. The van der Waals surface area contributed by atoms with E-state index in [0.29, 0.717) is 17.2 Å². The molecule has 3 rings (SSSR count). The first kappa shape index (κ1) is 17.7. The maximum Gasteiger partial charge on any atom is 0.417 e. The summed E-state index contributed by atoms with van der Waals surface area (Å²) in [6.07, 6.45) is -4.61. The minimum absolute atomic E-state index is 0.299. The molecule has 0 aliphatic heterocycles. The Hall–Kier alpha value is -3.09. The molecule has 26 heavy (non-hydrogen) atoms. The number of hydrogen-bond acceptors (Lipinski definition) is 2. The molecule has 0 atom stereocenters. The number of carbonyl (C=O) groups excluding carboxylic acids is 1. The topological polar surface area (TPSA) is 46.9 Å². The number of carbonyl (C=O) groups is 1. The van der Waals surface area contributed by atoms with Gasteiger partial charge < -0.3 is 5.32 Å². The second-order valence-electron chi connectivity index (χ2n) is 5.92. The summed E-state index contributed by atoms with van der Waals surface area (Å²) in [6.45, 7) is 3.68. The fourth-order valence-corrected chi connectivity index (χ4v) is 2.58. The van der Waals surface area contributed by atoms with Crippen LogP contribution in [0, 0.1) is 13.8 Å². The molecule has 0 saturated carbocycles. The number of nitrogens with one attached hydrogen (secondary N) is 1. The van der Waals surface area contributed by atoms with Gasteiger partial charge in [0.15, 0.2) is 0 Å². The average Bonchev–Trinajstić information content (AvgIpc) is 2.95. The molecule has 0 fully saturated rings. The first-order chi connectivity index (χ1) is 12.3. The number of aromatic nitrogens is 2. The zero-order chi connectivity index (χ0) is 18.9. The van der Waals surface area contributed by atoms with E-state index in [1.54, 1.807) is 13.0 Å². The Morgan fingerprint density at radius 3 is 2.35 bits per heavy atom. The molecular weight excluding hydrogens is 343 g/mol. The number of aryl methyl sites for hydroxylation is 2. The first-order valence-electron chi connectivity index (χ1n) is 7.87. The molecular formula is C19H16F3N3O. The number of halogens is 3. The lowest BCUT2D eigenvalue weighted by molar-refractivity contribution is -0.137. The Morgan fingerprint density at radius 1 is 1.04 bits per heavy atom. The van der Waals surface area contributed by atoms with Gasteiger partial charge in [-0.25, -0.2) is 4.68 Å². The molecule has 1 amide bonds. The van der Waals surface area contributed by atoms with Crippen LogP contribution in [0.2, 0.25) is 0 Å². The third kappa shape index (κ3) is 3.61.